The lowest BCUT2D eigenvalue weighted by Crippen LogP contribution is -2.20. The van der Waals surface area contributed by atoms with Crippen LogP contribution in [0.15, 0.2) is 64.9 Å². The van der Waals surface area contributed by atoms with E-state index in [0.717, 1.165) is 5.69 Å². The summed E-state index contributed by atoms with van der Waals surface area (Å²) in [5, 5.41) is 14.0. The molecule has 142 valence electrons. The summed E-state index contributed by atoms with van der Waals surface area (Å²) in [7, 11) is 1.51. The molecule has 0 spiro atoms. The third kappa shape index (κ3) is 4.37. The minimum atomic E-state index is -0.718. The van der Waals surface area contributed by atoms with Crippen molar-refractivity contribution < 1.29 is 18.7 Å². The summed E-state index contributed by atoms with van der Waals surface area (Å²) in [5.74, 6) is -0.191. The van der Waals surface area contributed by atoms with E-state index in [2.05, 4.69) is 5.10 Å². The van der Waals surface area contributed by atoms with Gasteiger partial charge in [-0.05, 0) is 37.3 Å². The van der Waals surface area contributed by atoms with Crippen molar-refractivity contribution in [2.45, 2.75) is 13.0 Å². The Hall–Kier alpha value is -3.63. The Morgan fingerprint density at radius 2 is 2.11 bits per heavy atom. The first-order valence-corrected chi connectivity index (χ1v) is 8.63. The van der Waals surface area contributed by atoms with Crippen LogP contribution in [0, 0.1) is 11.3 Å². The molecular weight excluding hydrogens is 358 g/mol. The maximum atomic E-state index is 12.3. The van der Waals surface area contributed by atoms with Crippen LogP contribution in [0.25, 0.3) is 23.2 Å². The van der Waals surface area contributed by atoms with E-state index in [1.54, 1.807) is 29.9 Å². The lowest BCUT2D eigenvalue weighted by molar-refractivity contribution is -0.145. The van der Waals surface area contributed by atoms with Crippen molar-refractivity contribution in [1.29, 1.82) is 5.26 Å². The van der Waals surface area contributed by atoms with Crippen molar-refractivity contribution in [2.24, 2.45) is 0 Å². The highest BCUT2D eigenvalue weighted by atomic mass is 16.6. The maximum Gasteiger partial charge on any atom is 0.349 e. The topological polar surface area (TPSA) is 90.3 Å². The second-order valence-corrected chi connectivity index (χ2v) is 6.03. The van der Waals surface area contributed by atoms with E-state index in [4.69, 9.17) is 13.9 Å². The molecule has 0 radical (unpaired) electrons. The zero-order valence-electron chi connectivity index (χ0n) is 15.5. The summed E-state index contributed by atoms with van der Waals surface area (Å²) in [6, 6.07) is 14.9. The highest BCUT2D eigenvalue weighted by Crippen LogP contribution is 2.26. The number of carbonyl (C=O) groups is 1. The van der Waals surface area contributed by atoms with E-state index in [1.165, 1.54) is 19.4 Å². The van der Waals surface area contributed by atoms with E-state index < -0.39 is 12.1 Å². The number of methoxy groups -OCH3 is 1. The Kier molecular flexibility index (Phi) is 6.04. The summed E-state index contributed by atoms with van der Waals surface area (Å²) in [6.45, 7) is 1.94. The largest absolute Gasteiger partial charge is 0.463 e. The Morgan fingerprint density at radius 1 is 1.32 bits per heavy atom. The molecule has 0 unspecified atom stereocenters. The number of carbonyl (C=O) groups excluding carboxylic acids is 1. The van der Waals surface area contributed by atoms with Crippen LogP contribution < -0.4 is 0 Å². The van der Waals surface area contributed by atoms with Crippen LogP contribution in [0.3, 0.4) is 0 Å². The molecule has 28 heavy (non-hydrogen) atoms. The van der Waals surface area contributed by atoms with Gasteiger partial charge >= 0.3 is 5.97 Å². The summed E-state index contributed by atoms with van der Waals surface area (Å²) >= 11 is 0. The third-order valence-electron chi connectivity index (χ3n) is 3.87. The van der Waals surface area contributed by atoms with E-state index in [1.807, 2.05) is 36.4 Å². The molecule has 0 aliphatic rings. The molecule has 7 nitrogen and oxygen atoms in total. The number of nitrogens with zero attached hydrogens (tertiary/aromatic N) is 3. The average Bonchev–Trinajstić information content (AvgIpc) is 3.36. The Labute approximate surface area is 162 Å². The number of benzene rings is 1. The van der Waals surface area contributed by atoms with Crippen LogP contribution in [0.2, 0.25) is 0 Å². The molecular formula is C21H19N3O4. The highest BCUT2D eigenvalue weighted by molar-refractivity contribution is 5.98. The van der Waals surface area contributed by atoms with Gasteiger partial charge in [-0.2, -0.15) is 10.4 Å². The lowest BCUT2D eigenvalue weighted by atomic mass is 10.1. The smallest absolute Gasteiger partial charge is 0.349 e. The summed E-state index contributed by atoms with van der Waals surface area (Å²) in [6.07, 6.45) is 4.25. The third-order valence-corrected chi connectivity index (χ3v) is 3.87. The van der Waals surface area contributed by atoms with Crippen molar-refractivity contribution in [3.63, 3.8) is 0 Å². The Balaban J connectivity index is 1.99. The zero-order valence-corrected chi connectivity index (χ0v) is 15.5. The molecule has 1 atom stereocenters. The number of ether oxygens (including phenoxy) is 2. The average molecular weight is 377 g/mol. The van der Waals surface area contributed by atoms with Crippen molar-refractivity contribution in [1.82, 2.24) is 9.78 Å². The van der Waals surface area contributed by atoms with Crippen LogP contribution in [0.4, 0.5) is 0 Å². The van der Waals surface area contributed by atoms with Gasteiger partial charge in [-0.15, -0.1) is 0 Å². The van der Waals surface area contributed by atoms with Gasteiger partial charge in [0.1, 0.15) is 23.4 Å². The predicted octanol–water partition coefficient (Wildman–Crippen LogP) is 3.62. The highest BCUT2D eigenvalue weighted by Gasteiger charge is 2.18. The zero-order chi connectivity index (χ0) is 19.9. The number of rotatable bonds is 7. The van der Waals surface area contributed by atoms with Gasteiger partial charge in [0.25, 0.3) is 0 Å². The molecule has 0 saturated carbocycles. The predicted molar refractivity (Wildman–Crippen MR) is 102 cm³/mol. The van der Waals surface area contributed by atoms with E-state index in [0.29, 0.717) is 17.0 Å². The molecule has 0 amide bonds. The molecule has 2 aromatic heterocycles. The van der Waals surface area contributed by atoms with Crippen molar-refractivity contribution in [2.75, 3.05) is 13.7 Å². The van der Waals surface area contributed by atoms with Gasteiger partial charge in [0.15, 0.2) is 5.76 Å². The molecule has 0 fully saturated rings. The molecule has 0 aliphatic carbocycles. The molecule has 7 heteroatoms. The van der Waals surface area contributed by atoms with Crippen molar-refractivity contribution >= 4 is 12.0 Å². The molecule has 3 aromatic rings. The minimum absolute atomic E-state index is 0.136. The second-order valence-electron chi connectivity index (χ2n) is 6.03. The fourth-order valence-corrected chi connectivity index (χ4v) is 2.62. The SMILES string of the molecule is COC[C@@H](C)OC(=O)/C(C#N)=C/c1cn(-c2ccccc2)nc1-c1ccco1. The monoisotopic (exact) mass is 377 g/mol. The van der Waals surface area contributed by atoms with Crippen LogP contribution in [-0.2, 0) is 14.3 Å². The number of esters is 1. The van der Waals surface area contributed by atoms with E-state index in [-0.39, 0.29) is 12.2 Å². The molecule has 0 aliphatic heterocycles. The lowest BCUT2D eigenvalue weighted by Gasteiger charge is -2.11. The number of hydrogen-bond donors (Lipinski definition) is 0. The Bertz CT molecular complexity index is 998. The van der Waals surface area contributed by atoms with Gasteiger partial charge in [0.2, 0.25) is 0 Å². The first-order valence-electron chi connectivity index (χ1n) is 8.63. The van der Waals surface area contributed by atoms with Gasteiger partial charge in [-0.25, -0.2) is 9.48 Å². The number of para-hydroxylation sites is 1. The summed E-state index contributed by atoms with van der Waals surface area (Å²) in [4.78, 5) is 12.3. The Morgan fingerprint density at radius 3 is 2.75 bits per heavy atom. The van der Waals surface area contributed by atoms with Gasteiger partial charge in [-0.3, -0.25) is 0 Å². The molecule has 3 rings (SSSR count). The number of furan rings is 1. The van der Waals surface area contributed by atoms with Crippen LogP contribution in [0.5, 0.6) is 0 Å². The number of aromatic nitrogens is 2. The van der Waals surface area contributed by atoms with E-state index in [9.17, 15) is 10.1 Å². The van der Waals surface area contributed by atoms with Crippen LogP contribution >= 0.6 is 0 Å². The first kappa shape index (κ1) is 19.1. The van der Waals surface area contributed by atoms with Crippen LogP contribution in [0.1, 0.15) is 12.5 Å². The van der Waals surface area contributed by atoms with Crippen LogP contribution in [-0.4, -0.2) is 35.6 Å². The second kappa shape index (κ2) is 8.84. The molecule has 0 N–H and O–H groups in total. The summed E-state index contributed by atoms with van der Waals surface area (Å²) < 4.78 is 17.3. The number of hydrogen-bond acceptors (Lipinski definition) is 6. The molecule has 0 saturated heterocycles. The quantitative estimate of drug-likeness (QED) is 0.355. The fourth-order valence-electron chi connectivity index (χ4n) is 2.62. The molecule has 1 aromatic carbocycles. The van der Waals surface area contributed by atoms with Gasteiger partial charge in [-0.1, -0.05) is 18.2 Å². The van der Waals surface area contributed by atoms with Crippen molar-refractivity contribution in [3.8, 4) is 23.2 Å². The minimum Gasteiger partial charge on any atom is -0.463 e. The normalized spacial score (nSPS) is 12.4. The molecule has 0 bridgehead atoms. The molecule has 2 heterocycles. The fraction of sp³-hybridized carbons (Fsp3) is 0.190. The standard InChI is InChI=1S/C21H19N3O4/c1-15(14-26-2)28-21(25)16(12-22)11-17-13-24(18-7-4-3-5-8-18)23-20(17)19-9-6-10-27-19/h3-11,13,15H,14H2,1-2H3/b16-11+/t15-/m1/s1. The van der Waals surface area contributed by atoms with Gasteiger partial charge in [0.05, 0.1) is 18.6 Å². The number of nitriles is 1. The van der Waals surface area contributed by atoms with E-state index >= 15 is 0 Å². The first-order chi connectivity index (χ1) is 13.6. The summed E-state index contributed by atoms with van der Waals surface area (Å²) in [5.41, 5.74) is 1.78. The van der Waals surface area contributed by atoms with Crippen molar-refractivity contribution in [3.05, 3.63) is 66.1 Å². The van der Waals surface area contributed by atoms with Gasteiger partial charge < -0.3 is 13.9 Å². The van der Waals surface area contributed by atoms with Gasteiger partial charge in [0, 0.05) is 18.9 Å². The maximum absolute atomic E-state index is 12.3.